The van der Waals surface area contributed by atoms with Crippen molar-refractivity contribution in [3.05, 3.63) is 12.2 Å². The first-order valence-electron chi connectivity index (χ1n) is 3.27. The average molecular weight is 142 g/mol. The highest BCUT2D eigenvalue weighted by Gasteiger charge is 2.42. The van der Waals surface area contributed by atoms with Gasteiger partial charge in [-0.2, -0.15) is 4.98 Å². The van der Waals surface area contributed by atoms with Crippen molar-refractivity contribution >= 4 is 0 Å². The van der Waals surface area contributed by atoms with Crippen molar-refractivity contribution < 1.29 is 8.91 Å². The fourth-order valence-corrected chi connectivity index (χ4v) is 1.08. The van der Waals surface area contributed by atoms with E-state index in [1.54, 1.807) is 0 Å². The molecule has 1 aromatic heterocycles. The van der Waals surface area contributed by atoms with Gasteiger partial charge < -0.3 is 4.52 Å². The summed E-state index contributed by atoms with van der Waals surface area (Å²) in [6.45, 7) is 0. The normalized spacial score (nSPS) is 22.1. The molecule has 0 saturated heterocycles. The molecular formula is C6H7FN2O. The fraction of sp³-hybridized carbons (Fsp3) is 0.667. The monoisotopic (exact) mass is 142 g/mol. The van der Waals surface area contributed by atoms with E-state index in [-0.39, 0.29) is 5.82 Å². The fourth-order valence-electron chi connectivity index (χ4n) is 1.08. The van der Waals surface area contributed by atoms with Crippen LogP contribution in [0.1, 0.15) is 25.1 Å². The Balaban J connectivity index is 2.27. The van der Waals surface area contributed by atoms with Crippen LogP contribution in [-0.4, -0.2) is 10.1 Å². The van der Waals surface area contributed by atoms with E-state index in [9.17, 15) is 4.39 Å². The maximum Gasteiger partial charge on any atom is 0.213 e. The second kappa shape index (κ2) is 1.78. The van der Waals surface area contributed by atoms with Crippen molar-refractivity contribution in [3.63, 3.8) is 0 Å². The Labute approximate surface area is 57.2 Å². The lowest BCUT2D eigenvalue weighted by Gasteiger charge is -2.29. The van der Waals surface area contributed by atoms with Gasteiger partial charge in [-0.25, -0.2) is 4.39 Å². The summed E-state index contributed by atoms with van der Waals surface area (Å²) in [5, 5.41) is 3.45. The molecule has 1 aliphatic carbocycles. The second-order valence-corrected chi connectivity index (χ2v) is 2.57. The summed E-state index contributed by atoms with van der Waals surface area (Å²) in [5.41, 5.74) is -1.27. The van der Waals surface area contributed by atoms with Gasteiger partial charge in [0.15, 0.2) is 5.67 Å². The Morgan fingerprint density at radius 3 is 2.80 bits per heavy atom. The Morgan fingerprint density at radius 2 is 2.40 bits per heavy atom. The highest BCUT2D eigenvalue weighted by atomic mass is 19.1. The van der Waals surface area contributed by atoms with Gasteiger partial charge in [0.25, 0.3) is 0 Å². The van der Waals surface area contributed by atoms with Crippen LogP contribution in [0, 0.1) is 0 Å². The van der Waals surface area contributed by atoms with Crippen LogP contribution in [0.5, 0.6) is 0 Å². The topological polar surface area (TPSA) is 38.9 Å². The van der Waals surface area contributed by atoms with Crippen LogP contribution in [0.4, 0.5) is 4.39 Å². The molecule has 0 N–H and O–H groups in total. The van der Waals surface area contributed by atoms with Crippen molar-refractivity contribution in [1.82, 2.24) is 10.1 Å². The number of nitrogens with zero attached hydrogens (tertiary/aromatic N) is 2. The first-order chi connectivity index (χ1) is 4.81. The molecule has 1 heterocycles. The molecule has 0 spiro atoms. The summed E-state index contributed by atoms with van der Waals surface area (Å²) >= 11 is 0. The van der Waals surface area contributed by atoms with Crippen LogP contribution in [0.15, 0.2) is 10.9 Å². The molecule has 0 unspecified atom stereocenters. The van der Waals surface area contributed by atoms with Crippen LogP contribution in [0.3, 0.4) is 0 Å². The third-order valence-corrected chi connectivity index (χ3v) is 1.91. The van der Waals surface area contributed by atoms with E-state index in [0.717, 1.165) is 12.8 Å². The summed E-state index contributed by atoms with van der Waals surface area (Å²) in [4.78, 5) is 3.66. The molecular weight excluding hydrogens is 135 g/mol. The molecule has 0 aromatic carbocycles. The predicted molar refractivity (Wildman–Crippen MR) is 30.9 cm³/mol. The van der Waals surface area contributed by atoms with E-state index in [0.29, 0.717) is 12.8 Å². The number of alkyl halides is 1. The van der Waals surface area contributed by atoms with E-state index >= 15 is 0 Å². The standard InChI is InChI=1S/C6H7FN2O/c7-6(2-1-3-6)5-8-4-10-9-5/h4H,1-3H2. The highest BCUT2D eigenvalue weighted by Crippen LogP contribution is 2.42. The molecule has 1 fully saturated rings. The largest absolute Gasteiger partial charge is 0.343 e. The van der Waals surface area contributed by atoms with Crippen molar-refractivity contribution in [2.45, 2.75) is 24.9 Å². The number of aromatic nitrogens is 2. The van der Waals surface area contributed by atoms with Crippen LogP contribution in [-0.2, 0) is 5.67 Å². The lowest BCUT2D eigenvalue weighted by atomic mass is 9.81. The van der Waals surface area contributed by atoms with Crippen molar-refractivity contribution in [2.75, 3.05) is 0 Å². The number of hydrogen-bond donors (Lipinski definition) is 0. The Bertz CT molecular complexity index is 218. The Kier molecular flexibility index (Phi) is 1.03. The van der Waals surface area contributed by atoms with Gasteiger partial charge in [-0.15, -0.1) is 0 Å². The van der Waals surface area contributed by atoms with Gasteiger partial charge in [0.05, 0.1) is 0 Å². The molecule has 10 heavy (non-hydrogen) atoms. The van der Waals surface area contributed by atoms with Crippen LogP contribution in [0.25, 0.3) is 0 Å². The quantitative estimate of drug-likeness (QED) is 0.595. The van der Waals surface area contributed by atoms with E-state index in [1.807, 2.05) is 0 Å². The predicted octanol–water partition coefficient (Wildman–Crippen LogP) is 1.42. The van der Waals surface area contributed by atoms with Gasteiger partial charge in [-0.3, -0.25) is 0 Å². The van der Waals surface area contributed by atoms with Gasteiger partial charge in [0.1, 0.15) is 0 Å². The first kappa shape index (κ1) is 5.82. The molecule has 1 aromatic rings. The zero-order valence-corrected chi connectivity index (χ0v) is 5.38. The summed E-state index contributed by atoms with van der Waals surface area (Å²) < 4.78 is 17.7. The van der Waals surface area contributed by atoms with Gasteiger partial charge >= 0.3 is 0 Å². The molecule has 3 nitrogen and oxygen atoms in total. The van der Waals surface area contributed by atoms with Gasteiger partial charge in [0, 0.05) is 0 Å². The van der Waals surface area contributed by atoms with Crippen LogP contribution >= 0.6 is 0 Å². The maximum atomic E-state index is 13.3. The molecule has 1 saturated carbocycles. The number of rotatable bonds is 1. The molecule has 0 aliphatic heterocycles. The van der Waals surface area contributed by atoms with Crippen LogP contribution < -0.4 is 0 Å². The molecule has 0 bridgehead atoms. The van der Waals surface area contributed by atoms with E-state index < -0.39 is 5.67 Å². The van der Waals surface area contributed by atoms with Crippen LogP contribution in [0.2, 0.25) is 0 Å². The third kappa shape index (κ3) is 0.647. The SMILES string of the molecule is FC1(c2ncon2)CCC1. The van der Waals surface area contributed by atoms with Crippen molar-refractivity contribution in [3.8, 4) is 0 Å². The first-order valence-corrected chi connectivity index (χ1v) is 3.27. The average Bonchev–Trinajstić information content (AvgIpc) is 2.33. The minimum absolute atomic E-state index is 0.207. The van der Waals surface area contributed by atoms with Gasteiger partial charge in [-0.1, -0.05) is 5.16 Å². The third-order valence-electron chi connectivity index (χ3n) is 1.91. The van der Waals surface area contributed by atoms with E-state index in [4.69, 9.17) is 0 Å². The lowest BCUT2D eigenvalue weighted by Crippen LogP contribution is -2.29. The molecule has 0 radical (unpaired) electrons. The highest BCUT2D eigenvalue weighted by molar-refractivity contribution is 5.03. The molecule has 4 heteroatoms. The van der Waals surface area contributed by atoms with Gasteiger partial charge in [-0.05, 0) is 19.3 Å². The molecule has 1 aliphatic rings. The maximum absolute atomic E-state index is 13.3. The van der Waals surface area contributed by atoms with E-state index in [1.165, 1.54) is 0 Å². The summed E-state index contributed by atoms with van der Waals surface area (Å²) in [7, 11) is 0. The van der Waals surface area contributed by atoms with Crippen molar-refractivity contribution in [1.29, 1.82) is 0 Å². The summed E-state index contributed by atoms with van der Waals surface area (Å²) in [6, 6.07) is 0. The minimum Gasteiger partial charge on any atom is -0.343 e. The molecule has 0 amide bonds. The second-order valence-electron chi connectivity index (χ2n) is 2.57. The molecule has 54 valence electrons. The zero-order valence-electron chi connectivity index (χ0n) is 5.38. The lowest BCUT2D eigenvalue weighted by molar-refractivity contribution is 0.0481. The smallest absolute Gasteiger partial charge is 0.213 e. The minimum atomic E-state index is -1.27. The molecule has 0 atom stereocenters. The Hall–Kier alpha value is -0.930. The summed E-state index contributed by atoms with van der Waals surface area (Å²) in [5.74, 6) is 0.207. The number of hydrogen-bond acceptors (Lipinski definition) is 3. The molecule has 2 rings (SSSR count). The van der Waals surface area contributed by atoms with E-state index in [2.05, 4.69) is 14.7 Å². The van der Waals surface area contributed by atoms with Gasteiger partial charge in [0.2, 0.25) is 12.2 Å². The zero-order chi connectivity index (χ0) is 7.03. The number of halogens is 1. The Morgan fingerprint density at radius 1 is 1.60 bits per heavy atom. The van der Waals surface area contributed by atoms with Crippen molar-refractivity contribution in [2.24, 2.45) is 0 Å². The summed E-state index contributed by atoms with van der Waals surface area (Å²) in [6.07, 6.45) is 3.15.